The fraction of sp³-hybridized carbons (Fsp3) is 0.240. The highest BCUT2D eigenvalue weighted by Crippen LogP contribution is 2.34. The number of ether oxygens (including phenoxy) is 1. The van der Waals surface area contributed by atoms with Gasteiger partial charge in [-0.25, -0.2) is 8.42 Å². The van der Waals surface area contributed by atoms with Gasteiger partial charge in [0.05, 0.1) is 23.4 Å². The van der Waals surface area contributed by atoms with E-state index in [9.17, 15) is 13.2 Å². The van der Waals surface area contributed by atoms with Gasteiger partial charge in [-0.2, -0.15) is 0 Å². The molecule has 0 bridgehead atoms. The SMILES string of the molecule is CCSc1ccccc1NC(=O)CN(c1cc(C)ccc1OC)S(=O)(=O)c1ccc(C)cc1. The van der Waals surface area contributed by atoms with Gasteiger partial charge in [0.1, 0.15) is 12.3 Å². The van der Waals surface area contributed by atoms with E-state index in [2.05, 4.69) is 5.32 Å². The van der Waals surface area contributed by atoms with Crippen LogP contribution in [0.2, 0.25) is 0 Å². The maximum Gasteiger partial charge on any atom is 0.264 e. The number of anilines is 2. The van der Waals surface area contributed by atoms with Crippen molar-refractivity contribution in [2.75, 3.05) is 29.0 Å². The number of carbonyl (C=O) groups is 1. The quantitative estimate of drug-likeness (QED) is 0.420. The molecule has 1 amide bonds. The molecule has 0 aromatic heterocycles. The summed E-state index contributed by atoms with van der Waals surface area (Å²) in [5.74, 6) is 0.769. The van der Waals surface area contributed by atoms with Gasteiger partial charge in [0.15, 0.2) is 0 Å². The van der Waals surface area contributed by atoms with E-state index in [-0.39, 0.29) is 4.90 Å². The molecule has 0 unspecified atom stereocenters. The van der Waals surface area contributed by atoms with Crippen molar-refractivity contribution < 1.29 is 17.9 Å². The number of hydrogen-bond donors (Lipinski definition) is 1. The predicted octanol–water partition coefficient (Wildman–Crippen LogP) is 5.26. The molecule has 0 aliphatic rings. The summed E-state index contributed by atoms with van der Waals surface area (Å²) in [6, 6.07) is 19.3. The number of sulfonamides is 1. The van der Waals surface area contributed by atoms with Crippen LogP contribution >= 0.6 is 11.8 Å². The molecule has 0 fully saturated rings. The van der Waals surface area contributed by atoms with Crippen LogP contribution in [0.1, 0.15) is 18.1 Å². The van der Waals surface area contributed by atoms with Crippen molar-refractivity contribution in [2.45, 2.75) is 30.6 Å². The third-order valence-corrected chi connectivity index (χ3v) is 7.69. The van der Waals surface area contributed by atoms with E-state index < -0.39 is 22.5 Å². The minimum Gasteiger partial charge on any atom is -0.495 e. The molecule has 0 atom stereocenters. The van der Waals surface area contributed by atoms with Crippen LogP contribution in [0.5, 0.6) is 5.75 Å². The lowest BCUT2D eigenvalue weighted by Crippen LogP contribution is -2.38. The molecule has 0 saturated carbocycles. The lowest BCUT2D eigenvalue weighted by molar-refractivity contribution is -0.114. The van der Waals surface area contributed by atoms with Crippen molar-refractivity contribution in [1.82, 2.24) is 0 Å². The number of carbonyl (C=O) groups excluding carboxylic acids is 1. The zero-order valence-corrected chi connectivity index (χ0v) is 20.8. The van der Waals surface area contributed by atoms with Crippen molar-refractivity contribution in [3.8, 4) is 5.75 Å². The van der Waals surface area contributed by atoms with Crippen LogP contribution in [0.3, 0.4) is 0 Å². The molecule has 0 aliphatic carbocycles. The maximum atomic E-state index is 13.7. The molecule has 3 rings (SSSR count). The summed E-state index contributed by atoms with van der Waals surface area (Å²) < 4.78 is 33.9. The van der Waals surface area contributed by atoms with E-state index in [0.717, 1.165) is 26.1 Å². The fourth-order valence-corrected chi connectivity index (χ4v) is 5.49. The first-order valence-electron chi connectivity index (χ1n) is 10.5. The van der Waals surface area contributed by atoms with Crippen molar-refractivity contribution in [2.24, 2.45) is 0 Å². The molecule has 0 saturated heterocycles. The molecule has 1 N–H and O–H groups in total. The third-order valence-electron chi connectivity index (χ3n) is 4.96. The second-order valence-corrected chi connectivity index (χ2v) is 10.6. The number of rotatable bonds is 9. The summed E-state index contributed by atoms with van der Waals surface area (Å²) in [6.45, 7) is 5.37. The summed E-state index contributed by atoms with van der Waals surface area (Å²) in [6.07, 6.45) is 0. The van der Waals surface area contributed by atoms with Gasteiger partial charge in [-0.05, 0) is 61.6 Å². The van der Waals surface area contributed by atoms with Gasteiger partial charge in [0.25, 0.3) is 10.0 Å². The minimum absolute atomic E-state index is 0.103. The molecule has 8 heteroatoms. The Labute approximate surface area is 200 Å². The maximum absolute atomic E-state index is 13.7. The Morgan fingerprint density at radius 3 is 2.33 bits per heavy atom. The monoisotopic (exact) mass is 484 g/mol. The van der Waals surface area contributed by atoms with E-state index in [4.69, 9.17) is 4.74 Å². The first-order valence-corrected chi connectivity index (χ1v) is 12.9. The first kappa shape index (κ1) is 24.7. The van der Waals surface area contributed by atoms with E-state index in [1.165, 1.54) is 7.11 Å². The van der Waals surface area contributed by atoms with Gasteiger partial charge >= 0.3 is 0 Å². The summed E-state index contributed by atoms with van der Waals surface area (Å²) in [5.41, 5.74) is 2.75. The van der Waals surface area contributed by atoms with Crippen molar-refractivity contribution in [1.29, 1.82) is 0 Å². The normalized spacial score (nSPS) is 11.2. The standard InChI is InChI=1S/C25H28N2O4S2/c1-5-32-24-9-7-6-8-21(24)26-25(28)17-27(22-16-19(3)12-15-23(22)31-4)33(29,30)20-13-10-18(2)11-14-20/h6-16H,5,17H2,1-4H3,(H,26,28). The van der Waals surface area contributed by atoms with E-state index in [1.807, 2.05) is 51.1 Å². The molecule has 33 heavy (non-hydrogen) atoms. The van der Waals surface area contributed by atoms with E-state index >= 15 is 0 Å². The van der Waals surface area contributed by atoms with Crippen LogP contribution in [0.25, 0.3) is 0 Å². The van der Waals surface area contributed by atoms with Gasteiger partial charge in [-0.1, -0.05) is 42.8 Å². The van der Waals surface area contributed by atoms with Crippen molar-refractivity contribution >= 4 is 39.1 Å². The number of methoxy groups -OCH3 is 1. The molecule has 6 nitrogen and oxygen atoms in total. The number of nitrogens with zero attached hydrogens (tertiary/aromatic N) is 1. The summed E-state index contributed by atoms with van der Waals surface area (Å²) in [7, 11) is -2.57. The molecule has 3 aromatic carbocycles. The second-order valence-electron chi connectivity index (χ2n) is 7.48. The van der Waals surface area contributed by atoms with Gasteiger partial charge in [0.2, 0.25) is 5.91 Å². The van der Waals surface area contributed by atoms with Gasteiger partial charge in [-0.15, -0.1) is 11.8 Å². The number of hydrogen-bond acceptors (Lipinski definition) is 5. The number of nitrogens with one attached hydrogen (secondary N) is 1. The number of para-hydroxylation sites is 1. The zero-order valence-electron chi connectivity index (χ0n) is 19.2. The lowest BCUT2D eigenvalue weighted by Gasteiger charge is -2.26. The highest BCUT2D eigenvalue weighted by atomic mass is 32.2. The van der Waals surface area contributed by atoms with Crippen LogP contribution in [-0.4, -0.2) is 33.7 Å². The molecular weight excluding hydrogens is 456 g/mol. The Hall–Kier alpha value is -2.97. The highest BCUT2D eigenvalue weighted by Gasteiger charge is 2.29. The Bertz CT molecular complexity index is 1230. The highest BCUT2D eigenvalue weighted by molar-refractivity contribution is 7.99. The molecular formula is C25H28N2O4S2. The first-order chi connectivity index (χ1) is 15.8. The van der Waals surface area contributed by atoms with Crippen LogP contribution in [0, 0.1) is 13.8 Å². The smallest absolute Gasteiger partial charge is 0.264 e. The third kappa shape index (κ3) is 5.89. The molecule has 0 radical (unpaired) electrons. The van der Waals surface area contributed by atoms with Gasteiger partial charge in [0, 0.05) is 4.90 Å². The lowest BCUT2D eigenvalue weighted by atomic mass is 10.2. The number of thioether (sulfide) groups is 1. The Morgan fingerprint density at radius 1 is 1.00 bits per heavy atom. The molecule has 0 spiro atoms. The molecule has 3 aromatic rings. The average molecular weight is 485 g/mol. The van der Waals surface area contributed by atoms with Gasteiger partial charge < -0.3 is 10.1 Å². The summed E-state index contributed by atoms with van der Waals surface area (Å²) >= 11 is 1.60. The summed E-state index contributed by atoms with van der Waals surface area (Å²) in [5, 5.41) is 2.87. The largest absolute Gasteiger partial charge is 0.495 e. The molecule has 0 heterocycles. The van der Waals surface area contributed by atoms with Crippen LogP contribution < -0.4 is 14.4 Å². The van der Waals surface area contributed by atoms with Crippen molar-refractivity contribution in [3.05, 3.63) is 77.9 Å². The predicted molar refractivity (Wildman–Crippen MR) is 135 cm³/mol. The van der Waals surface area contributed by atoms with Crippen molar-refractivity contribution in [3.63, 3.8) is 0 Å². The molecule has 174 valence electrons. The van der Waals surface area contributed by atoms with Crippen LogP contribution in [0.4, 0.5) is 11.4 Å². The fourth-order valence-electron chi connectivity index (χ4n) is 3.30. The number of benzene rings is 3. The second kappa shape index (κ2) is 10.8. The Balaban J connectivity index is 2.02. The number of amides is 1. The van der Waals surface area contributed by atoms with E-state index in [0.29, 0.717) is 17.1 Å². The minimum atomic E-state index is -4.04. The average Bonchev–Trinajstić information content (AvgIpc) is 2.79. The summed E-state index contributed by atoms with van der Waals surface area (Å²) in [4.78, 5) is 14.1. The van der Waals surface area contributed by atoms with Crippen LogP contribution in [-0.2, 0) is 14.8 Å². The molecule has 0 aliphatic heterocycles. The van der Waals surface area contributed by atoms with Gasteiger partial charge in [-0.3, -0.25) is 9.10 Å². The number of aryl methyl sites for hydroxylation is 2. The van der Waals surface area contributed by atoms with Crippen LogP contribution in [0.15, 0.2) is 76.5 Å². The zero-order chi connectivity index (χ0) is 24.0. The Morgan fingerprint density at radius 2 is 1.67 bits per heavy atom. The Kier molecular flexibility index (Phi) is 8.05. The topological polar surface area (TPSA) is 75.7 Å². The van der Waals surface area contributed by atoms with E-state index in [1.54, 1.807) is 48.2 Å².